The van der Waals surface area contributed by atoms with Crippen LogP contribution in [0.3, 0.4) is 0 Å². The quantitative estimate of drug-likeness (QED) is 0.815. The van der Waals surface area contributed by atoms with E-state index in [1.54, 1.807) is 13.8 Å². The first-order valence-electron chi connectivity index (χ1n) is 6.81. The largest absolute Gasteiger partial charge is 0.363 e. The fraction of sp³-hybridized carbons (Fsp3) is 0.385. The molecule has 1 aliphatic heterocycles. The lowest BCUT2D eigenvalue weighted by Gasteiger charge is -2.26. The maximum absolute atomic E-state index is 12.8. The molecule has 1 amide bonds. The second-order valence-corrected chi connectivity index (χ2v) is 7.07. The van der Waals surface area contributed by atoms with Crippen LogP contribution in [0.2, 0.25) is 0 Å². The zero-order valence-electron chi connectivity index (χ0n) is 12.5. The van der Waals surface area contributed by atoms with E-state index in [0.717, 1.165) is 0 Å². The van der Waals surface area contributed by atoms with Crippen molar-refractivity contribution >= 4 is 15.9 Å². The first-order valence-corrected chi connectivity index (χ1v) is 8.25. The molecule has 2 aromatic heterocycles. The van der Waals surface area contributed by atoms with Crippen LogP contribution in [0.25, 0.3) is 0 Å². The van der Waals surface area contributed by atoms with Gasteiger partial charge in [-0.15, -0.1) is 0 Å². The third kappa shape index (κ3) is 2.59. The van der Waals surface area contributed by atoms with Gasteiger partial charge in [0.2, 0.25) is 15.8 Å². The average molecular weight is 336 g/mol. The number of hydrogen-bond donors (Lipinski definition) is 1. The summed E-state index contributed by atoms with van der Waals surface area (Å²) in [7, 11) is -3.77. The monoisotopic (exact) mass is 336 g/mol. The van der Waals surface area contributed by atoms with Crippen LogP contribution in [0.5, 0.6) is 0 Å². The molecule has 0 saturated heterocycles. The van der Waals surface area contributed by atoms with Crippen LogP contribution in [0, 0.1) is 20.0 Å². The number of nitrogens with two attached hydrogens (primary N) is 1. The second kappa shape index (κ2) is 5.39. The molecule has 0 atom stereocenters. The summed E-state index contributed by atoms with van der Waals surface area (Å²) in [6.07, 6.45) is 3.10. The highest BCUT2D eigenvalue weighted by Crippen LogP contribution is 2.27. The molecule has 121 valence electrons. The predicted octanol–water partition coefficient (Wildman–Crippen LogP) is -0.272. The number of sulfonamides is 1. The highest BCUT2D eigenvalue weighted by Gasteiger charge is 2.34. The Morgan fingerprint density at radius 1 is 1.39 bits per heavy atom. The Hall–Kier alpha value is -2.33. The zero-order valence-corrected chi connectivity index (χ0v) is 13.3. The SMILES string of the molecule is Cc1noc(C)c1S(=O)(=O)N1CCc2[c]nc(C(N)=O)nc2C1. The molecule has 0 aliphatic carbocycles. The molecule has 10 heteroatoms. The van der Waals surface area contributed by atoms with Gasteiger partial charge in [-0.3, -0.25) is 4.79 Å². The van der Waals surface area contributed by atoms with Crippen molar-refractivity contribution in [3.05, 3.63) is 34.7 Å². The Morgan fingerprint density at radius 3 is 2.74 bits per heavy atom. The summed E-state index contributed by atoms with van der Waals surface area (Å²) in [6, 6.07) is 0. The highest BCUT2D eigenvalue weighted by atomic mass is 32.2. The molecule has 0 fully saturated rings. The van der Waals surface area contributed by atoms with Gasteiger partial charge in [0, 0.05) is 12.1 Å². The van der Waals surface area contributed by atoms with Crippen molar-refractivity contribution in [3.8, 4) is 0 Å². The maximum Gasteiger partial charge on any atom is 0.286 e. The standard InChI is InChI=1S/C13H14N5O4S/c1-7-11(8(2)22-17-7)23(20,21)18-4-3-9-5-15-13(12(14)19)16-10(9)6-18/h3-4,6H2,1-2H3,(H2,14,19). The van der Waals surface area contributed by atoms with Gasteiger partial charge < -0.3 is 10.3 Å². The van der Waals surface area contributed by atoms with E-state index in [1.165, 1.54) is 4.31 Å². The van der Waals surface area contributed by atoms with Gasteiger partial charge in [-0.2, -0.15) is 4.31 Å². The molecular formula is C13H14N5O4S. The molecule has 0 saturated carbocycles. The van der Waals surface area contributed by atoms with Gasteiger partial charge in [0.05, 0.1) is 18.4 Å². The molecule has 0 spiro atoms. The lowest BCUT2D eigenvalue weighted by molar-refractivity contribution is 0.0989. The molecule has 3 heterocycles. The Morgan fingerprint density at radius 2 is 2.13 bits per heavy atom. The number of aryl methyl sites for hydroxylation is 2. The number of fused-ring (bicyclic) bond motifs is 1. The van der Waals surface area contributed by atoms with Crippen molar-refractivity contribution < 1.29 is 17.7 Å². The van der Waals surface area contributed by atoms with Gasteiger partial charge in [0.25, 0.3) is 5.91 Å². The number of amides is 1. The third-order valence-electron chi connectivity index (χ3n) is 3.61. The van der Waals surface area contributed by atoms with Crippen molar-refractivity contribution in [3.63, 3.8) is 0 Å². The minimum atomic E-state index is -3.77. The molecule has 2 N–H and O–H groups in total. The Kier molecular flexibility index (Phi) is 3.65. The van der Waals surface area contributed by atoms with Crippen molar-refractivity contribution in [2.24, 2.45) is 5.73 Å². The molecular weight excluding hydrogens is 322 g/mol. The highest BCUT2D eigenvalue weighted by molar-refractivity contribution is 7.89. The average Bonchev–Trinajstić information content (AvgIpc) is 2.85. The summed E-state index contributed by atoms with van der Waals surface area (Å²) < 4.78 is 31.8. The number of carbonyl (C=O) groups excluding carboxylic acids is 1. The van der Waals surface area contributed by atoms with Crippen molar-refractivity contribution in [1.82, 2.24) is 19.4 Å². The zero-order chi connectivity index (χ0) is 16.8. The second-order valence-electron chi connectivity index (χ2n) is 5.19. The summed E-state index contributed by atoms with van der Waals surface area (Å²) in [5.41, 5.74) is 6.56. The van der Waals surface area contributed by atoms with Gasteiger partial charge in [0.15, 0.2) is 5.76 Å². The van der Waals surface area contributed by atoms with E-state index in [2.05, 4.69) is 21.3 Å². The van der Waals surface area contributed by atoms with Crippen LogP contribution in [-0.4, -0.2) is 40.3 Å². The van der Waals surface area contributed by atoms with Crippen molar-refractivity contribution in [2.75, 3.05) is 6.54 Å². The lowest BCUT2D eigenvalue weighted by atomic mass is 10.1. The molecule has 23 heavy (non-hydrogen) atoms. The normalized spacial score (nSPS) is 15.4. The van der Waals surface area contributed by atoms with E-state index in [-0.39, 0.29) is 29.6 Å². The fourth-order valence-corrected chi connectivity index (χ4v) is 4.20. The Balaban J connectivity index is 1.98. The van der Waals surface area contributed by atoms with Gasteiger partial charge in [-0.1, -0.05) is 5.16 Å². The number of aromatic nitrogens is 3. The van der Waals surface area contributed by atoms with Crippen LogP contribution in [0.1, 0.15) is 33.3 Å². The van der Waals surface area contributed by atoms with Crippen molar-refractivity contribution in [2.45, 2.75) is 31.7 Å². The van der Waals surface area contributed by atoms with E-state index in [1.807, 2.05) is 0 Å². The summed E-state index contributed by atoms with van der Waals surface area (Å²) in [4.78, 5) is 19.0. The van der Waals surface area contributed by atoms with Gasteiger partial charge >= 0.3 is 0 Å². The van der Waals surface area contributed by atoms with E-state index in [0.29, 0.717) is 23.4 Å². The Bertz CT molecular complexity index is 870. The lowest BCUT2D eigenvalue weighted by Crippen LogP contribution is -2.37. The molecule has 2 aromatic rings. The maximum atomic E-state index is 12.8. The van der Waals surface area contributed by atoms with Crippen LogP contribution in [0.4, 0.5) is 0 Å². The molecule has 3 rings (SSSR count). The molecule has 0 unspecified atom stereocenters. The minimum absolute atomic E-state index is 0.0149. The van der Waals surface area contributed by atoms with Crippen LogP contribution < -0.4 is 5.73 Å². The molecule has 1 aliphatic rings. The van der Waals surface area contributed by atoms with Crippen LogP contribution >= 0.6 is 0 Å². The van der Waals surface area contributed by atoms with E-state index in [4.69, 9.17) is 10.3 Å². The molecule has 1 radical (unpaired) electrons. The minimum Gasteiger partial charge on any atom is -0.363 e. The summed E-state index contributed by atoms with van der Waals surface area (Å²) in [6.45, 7) is 3.39. The summed E-state index contributed by atoms with van der Waals surface area (Å²) in [5, 5.41) is 3.69. The number of primary amides is 1. The first kappa shape index (κ1) is 15.6. The number of hydrogen-bond acceptors (Lipinski definition) is 7. The topological polar surface area (TPSA) is 132 Å². The van der Waals surface area contributed by atoms with E-state index in [9.17, 15) is 13.2 Å². The number of carbonyl (C=O) groups is 1. The number of nitrogens with zero attached hydrogens (tertiary/aromatic N) is 4. The summed E-state index contributed by atoms with van der Waals surface area (Å²) >= 11 is 0. The fourth-order valence-electron chi connectivity index (χ4n) is 2.51. The van der Waals surface area contributed by atoms with Gasteiger partial charge in [-0.05, 0) is 20.3 Å². The van der Waals surface area contributed by atoms with Gasteiger partial charge in [0.1, 0.15) is 10.6 Å². The van der Waals surface area contributed by atoms with Crippen LogP contribution in [-0.2, 0) is 23.0 Å². The molecule has 0 aromatic carbocycles. The predicted molar refractivity (Wildman–Crippen MR) is 76.7 cm³/mol. The van der Waals surface area contributed by atoms with Crippen LogP contribution in [0.15, 0.2) is 9.42 Å². The third-order valence-corrected chi connectivity index (χ3v) is 5.70. The van der Waals surface area contributed by atoms with E-state index >= 15 is 0 Å². The first-order chi connectivity index (χ1) is 10.8. The number of rotatable bonds is 3. The van der Waals surface area contributed by atoms with Gasteiger partial charge in [-0.25, -0.2) is 18.4 Å². The summed E-state index contributed by atoms with van der Waals surface area (Å²) in [5.74, 6) is -0.726. The smallest absolute Gasteiger partial charge is 0.286 e. The van der Waals surface area contributed by atoms with E-state index < -0.39 is 15.9 Å². The molecule has 9 nitrogen and oxygen atoms in total. The van der Waals surface area contributed by atoms with Crippen molar-refractivity contribution in [1.29, 1.82) is 0 Å². The molecule has 0 bridgehead atoms. The Labute approximate surface area is 132 Å².